The molecule has 1 atom stereocenters. The monoisotopic (exact) mass is 228 g/mol. The molecule has 0 aliphatic heterocycles. The molecule has 1 fully saturated rings. The molecular weight excluding hydrogens is 208 g/mol. The second-order valence-electron chi connectivity index (χ2n) is 4.68. The van der Waals surface area contributed by atoms with Crippen molar-refractivity contribution in [2.45, 2.75) is 44.6 Å². The Balaban J connectivity index is 2.64. The third kappa shape index (κ3) is 3.20. The minimum atomic E-state index is -0.859. The Bertz CT molecular complexity index is 272. The fourth-order valence-corrected chi connectivity index (χ4v) is 2.18. The maximum atomic E-state index is 11.7. The van der Waals surface area contributed by atoms with Gasteiger partial charge in [-0.15, -0.1) is 0 Å². The van der Waals surface area contributed by atoms with E-state index in [1.807, 2.05) is 0 Å². The van der Waals surface area contributed by atoms with Gasteiger partial charge in [-0.1, -0.05) is 19.8 Å². The summed E-state index contributed by atoms with van der Waals surface area (Å²) in [5, 5.41) is 11.7. The molecule has 1 amide bonds. The zero-order valence-corrected chi connectivity index (χ0v) is 9.66. The molecule has 0 heterocycles. The molecule has 1 rings (SSSR count). The number of amides is 1. The molecule has 0 aromatic heterocycles. The fraction of sp³-hybridized carbons (Fsp3) is 0.818. The first-order valence-corrected chi connectivity index (χ1v) is 5.73. The van der Waals surface area contributed by atoms with Crippen LogP contribution in [0.5, 0.6) is 0 Å². The number of hydrogen-bond donors (Lipinski definition) is 3. The number of carbonyl (C=O) groups is 2. The standard InChI is InChI=1S/C11H20N2O3/c1-8(7-12)10(16)13-11(6-9(14)15)4-2-3-5-11/h8H,2-7,12H2,1H3,(H,13,16)(H,14,15). The Morgan fingerprint density at radius 3 is 2.44 bits per heavy atom. The van der Waals surface area contributed by atoms with Crippen LogP contribution in [0.4, 0.5) is 0 Å². The highest BCUT2D eigenvalue weighted by Crippen LogP contribution is 2.32. The van der Waals surface area contributed by atoms with Crippen LogP contribution in [0.3, 0.4) is 0 Å². The fourth-order valence-electron chi connectivity index (χ4n) is 2.18. The lowest BCUT2D eigenvalue weighted by Crippen LogP contribution is -2.50. The molecule has 1 aliphatic rings. The van der Waals surface area contributed by atoms with Crippen LogP contribution >= 0.6 is 0 Å². The first-order chi connectivity index (χ1) is 7.49. The smallest absolute Gasteiger partial charge is 0.305 e. The van der Waals surface area contributed by atoms with Crippen molar-refractivity contribution in [1.29, 1.82) is 0 Å². The van der Waals surface area contributed by atoms with Crippen LogP contribution < -0.4 is 11.1 Å². The molecule has 5 nitrogen and oxygen atoms in total. The van der Waals surface area contributed by atoms with Crippen LogP contribution in [0, 0.1) is 5.92 Å². The van der Waals surface area contributed by atoms with Gasteiger partial charge in [-0.3, -0.25) is 9.59 Å². The van der Waals surface area contributed by atoms with Crippen LogP contribution in [0.1, 0.15) is 39.0 Å². The van der Waals surface area contributed by atoms with E-state index in [1.165, 1.54) is 0 Å². The molecule has 1 saturated carbocycles. The molecule has 0 radical (unpaired) electrons. The van der Waals surface area contributed by atoms with E-state index >= 15 is 0 Å². The highest BCUT2D eigenvalue weighted by Gasteiger charge is 2.37. The van der Waals surface area contributed by atoms with Crippen molar-refractivity contribution in [2.75, 3.05) is 6.54 Å². The second kappa shape index (κ2) is 5.30. The summed E-state index contributed by atoms with van der Waals surface area (Å²) in [5.41, 5.74) is 4.88. The van der Waals surface area contributed by atoms with E-state index < -0.39 is 11.5 Å². The third-order valence-electron chi connectivity index (χ3n) is 3.24. The first kappa shape index (κ1) is 13.0. The second-order valence-corrected chi connectivity index (χ2v) is 4.68. The summed E-state index contributed by atoms with van der Waals surface area (Å²) in [4.78, 5) is 22.5. The summed E-state index contributed by atoms with van der Waals surface area (Å²) in [7, 11) is 0. The van der Waals surface area contributed by atoms with Crippen molar-refractivity contribution in [3.8, 4) is 0 Å². The summed E-state index contributed by atoms with van der Waals surface area (Å²) in [6.45, 7) is 2.04. The maximum absolute atomic E-state index is 11.7. The first-order valence-electron chi connectivity index (χ1n) is 5.73. The van der Waals surface area contributed by atoms with Gasteiger partial charge >= 0.3 is 5.97 Å². The minimum Gasteiger partial charge on any atom is -0.481 e. The van der Waals surface area contributed by atoms with E-state index in [0.717, 1.165) is 25.7 Å². The summed E-state index contributed by atoms with van der Waals surface area (Å²) in [5.74, 6) is -1.25. The molecule has 1 aliphatic carbocycles. The van der Waals surface area contributed by atoms with Crippen molar-refractivity contribution in [3.05, 3.63) is 0 Å². The Labute approximate surface area is 95.4 Å². The van der Waals surface area contributed by atoms with E-state index in [0.29, 0.717) is 0 Å². The molecule has 16 heavy (non-hydrogen) atoms. The maximum Gasteiger partial charge on any atom is 0.305 e. The molecule has 0 bridgehead atoms. The van der Waals surface area contributed by atoms with Crippen molar-refractivity contribution in [3.63, 3.8) is 0 Å². The van der Waals surface area contributed by atoms with Gasteiger partial charge in [-0.05, 0) is 12.8 Å². The quantitative estimate of drug-likeness (QED) is 0.638. The van der Waals surface area contributed by atoms with Gasteiger partial charge in [0.15, 0.2) is 0 Å². The number of rotatable bonds is 5. The zero-order chi connectivity index (χ0) is 12.2. The molecule has 0 saturated heterocycles. The van der Waals surface area contributed by atoms with Gasteiger partial charge < -0.3 is 16.2 Å². The lowest BCUT2D eigenvalue weighted by molar-refractivity contribution is -0.139. The molecule has 4 N–H and O–H groups in total. The summed E-state index contributed by atoms with van der Waals surface area (Å²) in [6.07, 6.45) is 3.47. The van der Waals surface area contributed by atoms with Gasteiger partial charge in [0.1, 0.15) is 0 Å². The van der Waals surface area contributed by atoms with E-state index in [1.54, 1.807) is 6.92 Å². The molecule has 1 unspecified atom stereocenters. The molecule has 0 spiro atoms. The van der Waals surface area contributed by atoms with Crippen LogP contribution in [0.2, 0.25) is 0 Å². The van der Waals surface area contributed by atoms with Crippen LogP contribution in [-0.2, 0) is 9.59 Å². The molecular formula is C11H20N2O3. The Morgan fingerprint density at radius 2 is 2.00 bits per heavy atom. The van der Waals surface area contributed by atoms with Crippen LogP contribution in [0.15, 0.2) is 0 Å². The van der Waals surface area contributed by atoms with Gasteiger partial charge in [0.25, 0.3) is 0 Å². The van der Waals surface area contributed by atoms with Gasteiger partial charge in [-0.25, -0.2) is 0 Å². The lowest BCUT2D eigenvalue weighted by atomic mass is 9.92. The Kier molecular flexibility index (Phi) is 4.29. The van der Waals surface area contributed by atoms with E-state index in [2.05, 4.69) is 5.32 Å². The highest BCUT2D eigenvalue weighted by molar-refractivity contribution is 5.80. The van der Waals surface area contributed by atoms with E-state index in [9.17, 15) is 9.59 Å². The lowest BCUT2D eigenvalue weighted by Gasteiger charge is -2.30. The molecule has 92 valence electrons. The van der Waals surface area contributed by atoms with Gasteiger partial charge in [0.05, 0.1) is 12.0 Å². The van der Waals surface area contributed by atoms with Crippen molar-refractivity contribution in [1.82, 2.24) is 5.32 Å². The topological polar surface area (TPSA) is 92.4 Å². The molecule has 0 aromatic rings. The number of nitrogens with two attached hydrogens (primary N) is 1. The SMILES string of the molecule is CC(CN)C(=O)NC1(CC(=O)O)CCCC1. The molecule has 5 heteroatoms. The van der Waals surface area contributed by atoms with Crippen molar-refractivity contribution >= 4 is 11.9 Å². The van der Waals surface area contributed by atoms with E-state index in [4.69, 9.17) is 10.8 Å². The number of carbonyl (C=O) groups excluding carboxylic acids is 1. The molecule has 0 aromatic carbocycles. The van der Waals surface area contributed by atoms with Crippen molar-refractivity contribution < 1.29 is 14.7 Å². The zero-order valence-electron chi connectivity index (χ0n) is 9.66. The Hall–Kier alpha value is -1.10. The number of hydrogen-bond acceptors (Lipinski definition) is 3. The van der Waals surface area contributed by atoms with Gasteiger partial charge in [-0.2, -0.15) is 0 Å². The van der Waals surface area contributed by atoms with E-state index in [-0.39, 0.29) is 24.8 Å². The summed E-state index contributed by atoms with van der Waals surface area (Å²) < 4.78 is 0. The summed E-state index contributed by atoms with van der Waals surface area (Å²) >= 11 is 0. The highest BCUT2D eigenvalue weighted by atomic mass is 16.4. The average Bonchev–Trinajstić information content (AvgIpc) is 2.63. The Morgan fingerprint density at radius 1 is 1.44 bits per heavy atom. The van der Waals surface area contributed by atoms with Gasteiger partial charge in [0.2, 0.25) is 5.91 Å². The van der Waals surface area contributed by atoms with Crippen molar-refractivity contribution in [2.24, 2.45) is 11.7 Å². The summed E-state index contributed by atoms with van der Waals surface area (Å²) in [6, 6.07) is 0. The average molecular weight is 228 g/mol. The van der Waals surface area contributed by atoms with Crippen LogP contribution in [-0.4, -0.2) is 29.1 Å². The van der Waals surface area contributed by atoms with Gasteiger partial charge in [0, 0.05) is 12.5 Å². The predicted molar refractivity (Wildman–Crippen MR) is 59.8 cm³/mol. The largest absolute Gasteiger partial charge is 0.481 e. The normalized spacial score (nSPS) is 20.4. The number of aliphatic carboxylic acids is 1. The number of carboxylic acid groups (broad SMARTS) is 1. The number of nitrogens with one attached hydrogen (secondary N) is 1. The predicted octanol–water partition coefficient (Wildman–Crippen LogP) is 0.485. The number of carboxylic acids is 1. The minimum absolute atomic E-state index is 0.00995. The van der Waals surface area contributed by atoms with Crippen LogP contribution in [0.25, 0.3) is 0 Å². The third-order valence-corrected chi connectivity index (χ3v) is 3.24.